The van der Waals surface area contributed by atoms with Gasteiger partial charge in [0.1, 0.15) is 0 Å². The lowest BCUT2D eigenvalue weighted by molar-refractivity contribution is 0.788. The Morgan fingerprint density at radius 2 is 0.923 bits per heavy atom. The predicted molar refractivity (Wildman–Crippen MR) is 277 cm³/mol. The van der Waals surface area contributed by atoms with Crippen LogP contribution in [0.15, 0.2) is 189 Å². The van der Waals surface area contributed by atoms with Crippen LogP contribution < -0.4 is 0 Å². The summed E-state index contributed by atoms with van der Waals surface area (Å²) in [5.74, 6) is 0. The lowest BCUT2D eigenvalue weighted by atomic mass is 9.69. The van der Waals surface area contributed by atoms with E-state index in [-0.39, 0.29) is 0 Å². The van der Waals surface area contributed by atoms with Gasteiger partial charge >= 0.3 is 0 Å². The van der Waals surface area contributed by atoms with Crippen molar-refractivity contribution in [2.75, 3.05) is 0 Å². The normalized spacial score (nSPS) is 17.8. The van der Waals surface area contributed by atoms with Gasteiger partial charge in [0.25, 0.3) is 0 Å². The van der Waals surface area contributed by atoms with Crippen LogP contribution in [0.4, 0.5) is 0 Å². The summed E-state index contributed by atoms with van der Waals surface area (Å²) in [5, 5.41) is 10.6. The molecule has 0 saturated carbocycles. The van der Waals surface area contributed by atoms with Gasteiger partial charge in [-0.15, -0.1) is 0 Å². The van der Waals surface area contributed by atoms with Crippen molar-refractivity contribution in [3.63, 3.8) is 0 Å². The highest BCUT2D eigenvalue weighted by Gasteiger charge is 2.52. The Labute approximate surface area is 378 Å². The summed E-state index contributed by atoms with van der Waals surface area (Å²) in [4.78, 5) is 0. The SMILES string of the molecule is C=CC1=C(C=C)C2(c3ccccc31)c1ccccc1-c1cc3c(-c4cc5c6c7c(cccc47)CC=C6CC=C5)c4ccccc4c(-c4cc5c6c7c(cccc47)CC=C6CC=C5)c3cc12. The van der Waals surface area contributed by atoms with Crippen LogP contribution in [0.5, 0.6) is 0 Å². The van der Waals surface area contributed by atoms with E-state index in [9.17, 15) is 0 Å². The molecule has 0 heterocycles. The molecule has 0 N–H and O–H groups in total. The molecule has 302 valence electrons. The first-order valence-corrected chi connectivity index (χ1v) is 23.3. The van der Waals surface area contributed by atoms with Crippen molar-refractivity contribution in [3.05, 3.63) is 244 Å². The van der Waals surface area contributed by atoms with E-state index in [4.69, 9.17) is 0 Å². The highest BCUT2D eigenvalue weighted by Crippen LogP contribution is 2.64. The molecule has 9 aromatic carbocycles. The van der Waals surface area contributed by atoms with Crippen molar-refractivity contribution in [1.82, 2.24) is 0 Å². The second-order valence-electron chi connectivity index (χ2n) is 18.9. The van der Waals surface area contributed by atoms with Crippen LogP contribution >= 0.6 is 0 Å². The number of allylic oxidation sites excluding steroid dienone is 10. The van der Waals surface area contributed by atoms with Crippen LogP contribution in [-0.2, 0) is 18.3 Å². The van der Waals surface area contributed by atoms with Crippen LogP contribution in [0.1, 0.15) is 68.5 Å². The molecule has 1 spiro atoms. The summed E-state index contributed by atoms with van der Waals surface area (Å²) >= 11 is 0. The van der Waals surface area contributed by atoms with E-state index in [0.717, 1.165) is 31.3 Å². The zero-order chi connectivity index (χ0) is 42.7. The molecule has 1 atom stereocenters. The molecular formula is C65H42. The van der Waals surface area contributed by atoms with Gasteiger partial charge < -0.3 is 0 Å². The van der Waals surface area contributed by atoms with E-state index in [0.29, 0.717) is 0 Å². The fraction of sp³-hybridized carbons (Fsp3) is 0.0769. The molecule has 0 bridgehead atoms. The van der Waals surface area contributed by atoms with Crippen LogP contribution in [0.3, 0.4) is 0 Å². The summed E-state index contributed by atoms with van der Waals surface area (Å²) in [6, 6.07) is 51.8. The second-order valence-corrected chi connectivity index (χ2v) is 18.9. The summed E-state index contributed by atoms with van der Waals surface area (Å²) in [5.41, 5.74) is 26.0. The third-order valence-corrected chi connectivity index (χ3v) is 16.1. The quantitative estimate of drug-likeness (QED) is 0.155. The topological polar surface area (TPSA) is 0 Å². The molecule has 6 aliphatic rings. The lowest BCUT2D eigenvalue weighted by Crippen LogP contribution is -2.26. The number of hydrogen-bond acceptors (Lipinski definition) is 0. The predicted octanol–water partition coefficient (Wildman–Crippen LogP) is 16.8. The monoisotopic (exact) mass is 822 g/mol. The second kappa shape index (κ2) is 12.7. The third-order valence-electron chi connectivity index (χ3n) is 16.1. The largest absolute Gasteiger partial charge is 0.0987 e. The molecule has 1 unspecified atom stereocenters. The molecule has 0 amide bonds. The summed E-state index contributed by atoms with van der Waals surface area (Å²) in [7, 11) is 0. The Hall–Kier alpha value is -7.80. The molecule has 0 fully saturated rings. The van der Waals surface area contributed by atoms with E-state index in [1.165, 1.54) is 149 Å². The number of hydrogen-bond donors (Lipinski definition) is 0. The van der Waals surface area contributed by atoms with Crippen molar-refractivity contribution in [3.8, 4) is 33.4 Å². The zero-order valence-electron chi connectivity index (χ0n) is 36.1. The Balaban J connectivity index is 1.17. The highest BCUT2D eigenvalue weighted by molar-refractivity contribution is 6.28. The van der Waals surface area contributed by atoms with Gasteiger partial charge in [0.2, 0.25) is 0 Å². The van der Waals surface area contributed by atoms with Gasteiger partial charge in [0.15, 0.2) is 0 Å². The zero-order valence-corrected chi connectivity index (χ0v) is 36.1. The lowest BCUT2D eigenvalue weighted by Gasteiger charge is -2.32. The van der Waals surface area contributed by atoms with Gasteiger partial charge in [-0.1, -0.05) is 171 Å². The van der Waals surface area contributed by atoms with E-state index in [1.54, 1.807) is 0 Å². The molecule has 65 heavy (non-hydrogen) atoms. The Bertz CT molecular complexity index is 3960. The summed E-state index contributed by atoms with van der Waals surface area (Å²) < 4.78 is 0. The van der Waals surface area contributed by atoms with Crippen molar-refractivity contribution >= 4 is 72.0 Å². The number of fused-ring (bicyclic) bond motifs is 9. The van der Waals surface area contributed by atoms with E-state index < -0.39 is 5.41 Å². The minimum Gasteiger partial charge on any atom is -0.0987 e. The average molecular weight is 823 g/mol. The first-order chi connectivity index (χ1) is 32.2. The maximum atomic E-state index is 4.56. The summed E-state index contributed by atoms with van der Waals surface area (Å²) in [6.45, 7) is 8.98. The molecule has 0 nitrogen and oxygen atoms in total. The van der Waals surface area contributed by atoms with Crippen molar-refractivity contribution < 1.29 is 0 Å². The molecular weight excluding hydrogens is 781 g/mol. The smallest absolute Gasteiger partial charge is 0.0725 e. The molecule has 0 aromatic heterocycles. The van der Waals surface area contributed by atoms with Gasteiger partial charge in [0, 0.05) is 0 Å². The number of rotatable bonds is 4. The standard InChI is InChI=1S/C65H42/c1-3-43-44-21-7-9-27-56(44)65(55(43)4-2)57-28-10-8-22-45(57)50-35-53-54(36-58(50)65)64(52-34-42-20-12-16-38-30-32-40-18-14-26-49(52)62(40)60(38)42)47-24-6-5-23-46(47)63(53)51-33-41-19-11-15-37-29-31-39-17-13-25-48(51)61(39)59(37)41/h3-14,17-30,33-36H,1-2,15-16,31-32H2. The highest BCUT2D eigenvalue weighted by atomic mass is 14.5. The van der Waals surface area contributed by atoms with Gasteiger partial charge in [-0.05, 0) is 204 Å². The van der Waals surface area contributed by atoms with Gasteiger partial charge in [-0.2, -0.15) is 0 Å². The Kier molecular flexibility index (Phi) is 6.95. The molecule has 9 aromatic rings. The minimum absolute atomic E-state index is 0.558. The van der Waals surface area contributed by atoms with Gasteiger partial charge in [-0.3, -0.25) is 0 Å². The molecule has 0 saturated heterocycles. The van der Waals surface area contributed by atoms with Crippen molar-refractivity contribution in [2.24, 2.45) is 0 Å². The molecule has 15 rings (SSSR count). The van der Waals surface area contributed by atoms with E-state index in [1.807, 2.05) is 0 Å². The number of benzene rings is 9. The Morgan fingerprint density at radius 3 is 1.51 bits per heavy atom. The maximum Gasteiger partial charge on any atom is 0.0725 e. The van der Waals surface area contributed by atoms with Crippen LogP contribution in [0.2, 0.25) is 0 Å². The van der Waals surface area contributed by atoms with Crippen LogP contribution in [-0.4, -0.2) is 0 Å². The first kappa shape index (κ1) is 35.6. The van der Waals surface area contributed by atoms with Crippen LogP contribution in [0.25, 0.3) is 105 Å². The van der Waals surface area contributed by atoms with Gasteiger partial charge in [-0.25, -0.2) is 0 Å². The molecule has 0 aliphatic heterocycles. The first-order valence-electron chi connectivity index (χ1n) is 23.3. The molecule has 0 heteroatoms. The van der Waals surface area contributed by atoms with Crippen LogP contribution in [0, 0.1) is 0 Å². The fourth-order valence-electron chi connectivity index (χ4n) is 13.6. The maximum absolute atomic E-state index is 4.56. The average Bonchev–Trinajstić information content (AvgIpc) is 3.81. The minimum atomic E-state index is -0.558. The third kappa shape index (κ3) is 4.33. The Morgan fingerprint density at radius 1 is 0.400 bits per heavy atom. The summed E-state index contributed by atoms with van der Waals surface area (Å²) in [6.07, 6.45) is 22.5. The van der Waals surface area contributed by atoms with Crippen molar-refractivity contribution in [1.29, 1.82) is 0 Å². The van der Waals surface area contributed by atoms with Gasteiger partial charge in [0.05, 0.1) is 5.41 Å². The van der Waals surface area contributed by atoms with E-state index >= 15 is 0 Å². The molecule has 6 aliphatic carbocycles. The molecule has 0 radical (unpaired) electrons. The van der Waals surface area contributed by atoms with Crippen molar-refractivity contribution in [2.45, 2.75) is 31.1 Å². The fourth-order valence-corrected chi connectivity index (χ4v) is 13.6. The van der Waals surface area contributed by atoms with E-state index in [2.05, 4.69) is 195 Å².